The molecule has 0 aliphatic heterocycles. The van der Waals surface area contributed by atoms with Crippen molar-refractivity contribution in [2.75, 3.05) is 0 Å². The van der Waals surface area contributed by atoms with Crippen LogP contribution >= 0.6 is 11.3 Å². The van der Waals surface area contributed by atoms with Crippen LogP contribution in [0.4, 0.5) is 5.69 Å². The Morgan fingerprint density at radius 1 is 1.17 bits per heavy atom. The lowest BCUT2D eigenvalue weighted by Gasteiger charge is -2.01. The molecule has 0 atom stereocenters. The number of H-pyrrole nitrogens is 1. The molecule has 7 nitrogen and oxygen atoms in total. The predicted octanol–water partition coefficient (Wildman–Crippen LogP) is 3.33. The van der Waals surface area contributed by atoms with Crippen molar-refractivity contribution >= 4 is 22.7 Å². The average Bonchev–Trinajstić information content (AvgIpc) is 3.24. The van der Waals surface area contributed by atoms with Gasteiger partial charge in [0.15, 0.2) is 5.65 Å². The molecule has 24 heavy (non-hydrogen) atoms. The van der Waals surface area contributed by atoms with Crippen molar-refractivity contribution in [3.05, 3.63) is 74.4 Å². The van der Waals surface area contributed by atoms with Gasteiger partial charge in [0.1, 0.15) is 0 Å². The highest BCUT2D eigenvalue weighted by molar-refractivity contribution is 7.13. The number of aromatic amines is 1. The van der Waals surface area contributed by atoms with Gasteiger partial charge in [0.25, 0.3) is 11.2 Å². The predicted molar refractivity (Wildman–Crippen MR) is 91.2 cm³/mol. The summed E-state index contributed by atoms with van der Waals surface area (Å²) >= 11 is 1.56. The average molecular weight is 338 g/mol. The monoisotopic (exact) mass is 338 g/mol. The number of non-ortho nitro benzene ring substituents is 1. The van der Waals surface area contributed by atoms with Crippen LogP contribution in [0, 0.1) is 10.1 Å². The molecule has 0 amide bonds. The number of nitro groups is 1. The van der Waals surface area contributed by atoms with E-state index >= 15 is 0 Å². The van der Waals surface area contributed by atoms with Gasteiger partial charge >= 0.3 is 0 Å². The molecule has 1 aromatic carbocycles. The second kappa shape index (κ2) is 5.43. The first kappa shape index (κ1) is 14.3. The third kappa shape index (κ3) is 2.38. The molecule has 3 aromatic heterocycles. The lowest BCUT2D eigenvalue weighted by atomic mass is 10.1. The summed E-state index contributed by atoms with van der Waals surface area (Å²) in [5.74, 6) is 0. The maximum Gasteiger partial charge on any atom is 0.273 e. The van der Waals surface area contributed by atoms with Gasteiger partial charge < -0.3 is 0 Å². The third-order valence-electron chi connectivity index (χ3n) is 3.61. The highest BCUT2D eigenvalue weighted by atomic mass is 32.1. The minimum atomic E-state index is -0.464. The van der Waals surface area contributed by atoms with Gasteiger partial charge in [-0.3, -0.25) is 20.0 Å². The van der Waals surface area contributed by atoms with E-state index in [1.54, 1.807) is 23.5 Å². The zero-order valence-electron chi connectivity index (χ0n) is 12.2. The van der Waals surface area contributed by atoms with Crippen LogP contribution in [0.25, 0.3) is 27.5 Å². The van der Waals surface area contributed by atoms with Gasteiger partial charge in [-0.1, -0.05) is 6.07 Å². The van der Waals surface area contributed by atoms with Gasteiger partial charge in [0.05, 0.1) is 21.2 Å². The van der Waals surface area contributed by atoms with E-state index in [1.807, 2.05) is 23.6 Å². The van der Waals surface area contributed by atoms with E-state index < -0.39 is 4.92 Å². The Morgan fingerprint density at radius 3 is 2.62 bits per heavy atom. The van der Waals surface area contributed by atoms with E-state index in [1.165, 1.54) is 22.7 Å². The molecule has 0 saturated carbocycles. The Labute approximate surface area is 139 Å². The molecule has 0 aliphatic rings. The summed E-state index contributed by atoms with van der Waals surface area (Å²) in [6, 6.07) is 13.1. The molecule has 0 spiro atoms. The first-order chi connectivity index (χ1) is 11.6. The molecule has 8 heteroatoms. The molecule has 0 aliphatic carbocycles. The number of thiophene rings is 1. The maximum absolute atomic E-state index is 12.3. The van der Waals surface area contributed by atoms with Gasteiger partial charge in [-0.2, -0.15) is 0 Å². The largest absolute Gasteiger partial charge is 0.288 e. The highest BCUT2D eigenvalue weighted by Crippen LogP contribution is 2.25. The molecule has 118 valence electrons. The van der Waals surface area contributed by atoms with Crippen LogP contribution in [0.15, 0.2) is 58.7 Å². The third-order valence-corrected chi connectivity index (χ3v) is 4.51. The van der Waals surface area contributed by atoms with Crippen molar-refractivity contribution in [1.29, 1.82) is 0 Å². The van der Waals surface area contributed by atoms with Crippen molar-refractivity contribution in [3.8, 4) is 21.8 Å². The standard InChI is InChI=1S/C16H10N4O3S/c21-16-9-12(10-3-5-11(6-4-10)20(22)23)17-15-8-13(18-19(15)16)14-2-1-7-24-14/h1-9,18H. The summed E-state index contributed by atoms with van der Waals surface area (Å²) in [7, 11) is 0. The van der Waals surface area contributed by atoms with Crippen molar-refractivity contribution in [1.82, 2.24) is 14.6 Å². The van der Waals surface area contributed by atoms with E-state index in [2.05, 4.69) is 10.1 Å². The number of hydrogen-bond acceptors (Lipinski definition) is 5. The number of rotatable bonds is 3. The normalized spacial score (nSPS) is 11.0. The molecular formula is C16H10N4O3S. The van der Waals surface area contributed by atoms with E-state index in [9.17, 15) is 14.9 Å². The number of aromatic nitrogens is 3. The second-order valence-corrected chi connectivity index (χ2v) is 6.07. The van der Waals surface area contributed by atoms with Gasteiger partial charge in [-0.05, 0) is 23.6 Å². The van der Waals surface area contributed by atoms with Crippen LogP contribution in [0.5, 0.6) is 0 Å². The summed E-state index contributed by atoms with van der Waals surface area (Å²) in [5, 5.41) is 15.7. The summed E-state index contributed by atoms with van der Waals surface area (Å²) in [5.41, 5.74) is 2.20. The Hall–Kier alpha value is -3.26. The van der Waals surface area contributed by atoms with E-state index in [0.717, 1.165) is 10.6 Å². The van der Waals surface area contributed by atoms with E-state index in [0.29, 0.717) is 16.9 Å². The Kier molecular flexibility index (Phi) is 3.24. The van der Waals surface area contributed by atoms with Crippen LogP contribution < -0.4 is 5.56 Å². The number of nitrogens with one attached hydrogen (secondary N) is 1. The number of hydrogen-bond donors (Lipinski definition) is 1. The van der Waals surface area contributed by atoms with Crippen LogP contribution in [0.2, 0.25) is 0 Å². The molecule has 0 bridgehead atoms. The second-order valence-electron chi connectivity index (χ2n) is 5.12. The first-order valence-corrected chi connectivity index (χ1v) is 7.91. The minimum Gasteiger partial charge on any atom is -0.288 e. The smallest absolute Gasteiger partial charge is 0.273 e. The lowest BCUT2D eigenvalue weighted by Crippen LogP contribution is -2.14. The highest BCUT2D eigenvalue weighted by Gasteiger charge is 2.11. The van der Waals surface area contributed by atoms with Crippen molar-refractivity contribution in [2.45, 2.75) is 0 Å². The molecule has 0 radical (unpaired) electrons. The fourth-order valence-electron chi connectivity index (χ4n) is 2.45. The van der Waals surface area contributed by atoms with E-state index in [4.69, 9.17) is 0 Å². The van der Waals surface area contributed by atoms with Crippen LogP contribution in [-0.4, -0.2) is 19.5 Å². The number of nitrogens with zero attached hydrogens (tertiary/aromatic N) is 3. The fourth-order valence-corrected chi connectivity index (χ4v) is 3.14. The van der Waals surface area contributed by atoms with Gasteiger partial charge in [0.2, 0.25) is 0 Å². The summed E-state index contributed by atoms with van der Waals surface area (Å²) in [6.45, 7) is 0. The molecule has 0 fully saturated rings. The molecule has 0 saturated heterocycles. The van der Waals surface area contributed by atoms with Crippen molar-refractivity contribution < 1.29 is 4.92 Å². The Bertz CT molecular complexity index is 1090. The topological polar surface area (TPSA) is 93.3 Å². The zero-order chi connectivity index (χ0) is 16.7. The molecule has 4 aromatic rings. The SMILES string of the molecule is O=c1cc(-c2ccc([N+](=O)[O-])cc2)nc2cc(-c3cccs3)[nH]n12. The van der Waals surface area contributed by atoms with Gasteiger partial charge in [-0.15, -0.1) is 11.3 Å². The quantitative estimate of drug-likeness (QED) is 0.458. The minimum absolute atomic E-state index is 0.00169. The number of nitro benzene ring substituents is 1. The maximum atomic E-state index is 12.3. The van der Waals surface area contributed by atoms with Gasteiger partial charge in [-0.25, -0.2) is 9.50 Å². The van der Waals surface area contributed by atoms with E-state index in [-0.39, 0.29) is 11.2 Å². The van der Waals surface area contributed by atoms with Crippen LogP contribution in [0.3, 0.4) is 0 Å². The summed E-state index contributed by atoms with van der Waals surface area (Å²) in [6.07, 6.45) is 0. The van der Waals surface area contributed by atoms with Crippen LogP contribution in [0.1, 0.15) is 0 Å². The number of benzene rings is 1. The molecule has 1 N–H and O–H groups in total. The van der Waals surface area contributed by atoms with Crippen LogP contribution in [-0.2, 0) is 0 Å². The lowest BCUT2D eigenvalue weighted by molar-refractivity contribution is -0.384. The fraction of sp³-hybridized carbons (Fsp3) is 0. The number of fused-ring (bicyclic) bond motifs is 1. The first-order valence-electron chi connectivity index (χ1n) is 7.03. The molecule has 4 rings (SSSR count). The Morgan fingerprint density at radius 2 is 1.96 bits per heavy atom. The zero-order valence-corrected chi connectivity index (χ0v) is 13.0. The van der Waals surface area contributed by atoms with Crippen molar-refractivity contribution in [3.63, 3.8) is 0 Å². The Balaban J connectivity index is 1.82. The summed E-state index contributed by atoms with van der Waals surface area (Å²) in [4.78, 5) is 28.1. The van der Waals surface area contributed by atoms with Crippen molar-refractivity contribution in [2.24, 2.45) is 0 Å². The summed E-state index contributed by atoms with van der Waals surface area (Å²) < 4.78 is 1.38. The molecule has 3 heterocycles. The van der Waals surface area contributed by atoms with Gasteiger partial charge in [0, 0.05) is 29.8 Å². The molecular weight excluding hydrogens is 328 g/mol. The molecule has 0 unspecified atom stereocenters.